The number of halogens is 1. The number of hydrogen-bond acceptors (Lipinski definition) is 8. The zero-order chi connectivity index (χ0) is 25.5. The van der Waals surface area contributed by atoms with Gasteiger partial charge in [0.1, 0.15) is 17.9 Å². The number of likely N-dealkylation sites (tertiary alicyclic amines) is 1. The molecular weight excluding hydrogens is 473 g/mol. The van der Waals surface area contributed by atoms with E-state index in [1.165, 1.54) is 38.2 Å². The second-order valence-corrected chi connectivity index (χ2v) is 9.28. The number of Topliss-reactive ketones (excluding diaryl/α,β-unsaturated/α-hetero) is 1. The maximum Gasteiger partial charge on any atom is 0.296 e. The molecule has 1 aliphatic heterocycles. The lowest BCUT2D eigenvalue weighted by Crippen LogP contribution is -2.39. The molecule has 2 aromatic rings. The van der Waals surface area contributed by atoms with Crippen molar-refractivity contribution in [1.29, 1.82) is 0 Å². The Morgan fingerprint density at radius 1 is 1.23 bits per heavy atom. The Morgan fingerprint density at radius 2 is 1.89 bits per heavy atom. The van der Waals surface area contributed by atoms with E-state index in [-0.39, 0.29) is 29.7 Å². The molecule has 2 heterocycles. The monoisotopic (exact) mass is 503 g/mol. The molecule has 1 aliphatic rings. The van der Waals surface area contributed by atoms with Crippen molar-refractivity contribution in [3.63, 3.8) is 0 Å². The van der Waals surface area contributed by atoms with Crippen molar-refractivity contribution < 1.29 is 23.5 Å². The number of ketones is 1. The third-order valence-corrected chi connectivity index (χ3v) is 6.65. The Balaban J connectivity index is 1.62. The van der Waals surface area contributed by atoms with Crippen LogP contribution < -0.4 is 5.32 Å². The molecule has 0 aliphatic carbocycles. The lowest BCUT2D eigenvalue weighted by atomic mass is 9.90. The van der Waals surface area contributed by atoms with Gasteiger partial charge in [-0.25, -0.2) is 9.38 Å². The summed E-state index contributed by atoms with van der Waals surface area (Å²) in [5.41, 5.74) is 1.40. The number of nitrogens with one attached hydrogen (secondary N) is 1. The minimum absolute atomic E-state index is 0.0139. The normalized spacial score (nSPS) is 14.5. The largest absolute Gasteiger partial charge is 0.484 e. The van der Waals surface area contributed by atoms with Crippen LogP contribution in [0.2, 0.25) is 0 Å². The molecular formula is C24H30FN5O4S. The average Bonchev–Trinajstić information content (AvgIpc) is 3.26. The molecule has 1 saturated heterocycles. The average molecular weight is 504 g/mol. The molecule has 0 saturated carbocycles. The van der Waals surface area contributed by atoms with Gasteiger partial charge in [-0.15, -0.1) is 0 Å². The maximum absolute atomic E-state index is 13.1. The first-order chi connectivity index (χ1) is 16.7. The highest BCUT2D eigenvalue weighted by Gasteiger charge is 2.27. The maximum atomic E-state index is 13.1. The smallest absolute Gasteiger partial charge is 0.296 e. The standard InChI is InChI=1S/C24H30FN5O4S/c1-26-21-20(22(32)24(33)29(2)3)28-35-23(21)27-18(34-4)14-19(31)30-11-9-16(10-12-30)13-15-5-7-17(25)8-6-15/h5-8,16,26H,9-14H2,1-4H3/b27-18+. The lowest BCUT2D eigenvalue weighted by Gasteiger charge is -2.32. The van der Waals surface area contributed by atoms with Crippen LogP contribution in [0.5, 0.6) is 0 Å². The third kappa shape index (κ3) is 6.62. The van der Waals surface area contributed by atoms with Crippen LogP contribution >= 0.6 is 11.5 Å². The van der Waals surface area contributed by atoms with Crippen molar-refractivity contribution in [3.8, 4) is 0 Å². The van der Waals surface area contributed by atoms with E-state index < -0.39 is 11.7 Å². The summed E-state index contributed by atoms with van der Waals surface area (Å²) in [6.45, 7) is 1.27. The van der Waals surface area contributed by atoms with Crippen molar-refractivity contribution in [3.05, 3.63) is 41.3 Å². The predicted octanol–water partition coefficient (Wildman–Crippen LogP) is 3.14. The minimum Gasteiger partial charge on any atom is -0.484 e. The highest BCUT2D eigenvalue weighted by Crippen LogP contribution is 2.34. The number of rotatable bonds is 8. The Hall–Kier alpha value is -3.34. The molecule has 1 aromatic carbocycles. The van der Waals surface area contributed by atoms with Crippen LogP contribution in [0.25, 0.3) is 0 Å². The van der Waals surface area contributed by atoms with Crippen molar-refractivity contribution in [2.24, 2.45) is 10.9 Å². The molecule has 1 N–H and O–H groups in total. The fourth-order valence-corrected chi connectivity index (χ4v) is 4.68. The third-order valence-electron chi connectivity index (χ3n) is 5.91. The van der Waals surface area contributed by atoms with Gasteiger partial charge in [0, 0.05) is 34.2 Å². The number of aliphatic imine (C=N–C) groups is 1. The second kappa shape index (κ2) is 11.9. The van der Waals surface area contributed by atoms with Gasteiger partial charge in [-0.05, 0) is 54.4 Å². The number of benzene rings is 1. The number of aromatic nitrogens is 1. The first kappa shape index (κ1) is 26.3. The molecule has 0 radical (unpaired) electrons. The molecule has 0 bridgehead atoms. The van der Waals surface area contributed by atoms with Gasteiger partial charge >= 0.3 is 0 Å². The zero-order valence-corrected chi connectivity index (χ0v) is 21.2. The molecule has 35 heavy (non-hydrogen) atoms. The topological polar surface area (TPSA) is 104 Å². The van der Waals surface area contributed by atoms with Crippen LogP contribution in [0.15, 0.2) is 29.3 Å². The molecule has 1 fully saturated rings. The van der Waals surface area contributed by atoms with Crippen LogP contribution in [-0.2, 0) is 20.7 Å². The summed E-state index contributed by atoms with van der Waals surface area (Å²) in [6.07, 6.45) is 2.57. The summed E-state index contributed by atoms with van der Waals surface area (Å²) in [7, 11) is 6.02. The minimum atomic E-state index is -0.740. The second-order valence-electron chi connectivity index (χ2n) is 8.53. The van der Waals surface area contributed by atoms with Gasteiger partial charge in [0.2, 0.25) is 5.91 Å². The number of piperidine rings is 1. The number of likely N-dealkylation sites (N-methyl/N-ethyl adjacent to an activating group) is 1. The van der Waals surface area contributed by atoms with E-state index in [2.05, 4.69) is 14.7 Å². The Morgan fingerprint density at radius 3 is 2.46 bits per heavy atom. The van der Waals surface area contributed by atoms with Crippen LogP contribution in [0.3, 0.4) is 0 Å². The van der Waals surface area contributed by atoms with Crippen molar-refractivity contribution in [2.75, 3.05) is 46.7 Å². The summed E-state index contributed by atoms with van der Waals surface area (Å²) in [6, 6.07) is 6.56. The van der Waals surface area contributed by atoms with E-state index in [4.69, 9.17) is 4.74 Å². The van der Waals surface area contributed by atoms with E-state index in [9.17, 15) is 18.8 Å². The summed E-state index contributed by atoms with van der Waals surface area (Å²) < 4.78 is 22.6. The number of ether oxygens (including phenoxy) is 1. The van der Waals surface area contributed by atoms with E-state index >= 15 is 0 Å². The first-order valence-electron chi connectivity index (χ1n) is 11.3. The van der Waals surface area contributed by atoms with Gasteiger partial charge < -0.3 is 19.9 Å². The summed E-state index contributed by atoms with van der Waals surface area (Å²) in [5.74, 6) is -1.13. The van der Waals surface area contributed by atoms with Crippen molar-refractivity contribution in [1.82, 2.24) is 14.2 Å². The molecule has 2 amide bonds. The summed E-state index contributed by atoms with van der Waals surface area (Å²) >= 11 is 0.947. The van der Waals surface area contributed by atoms with E-state index in [1.807, 2.05) is 12.1 Å². The molecule has 0 atom stereocenters. The molecule has 11 heteroatoms. The number of carbonyl (C=O) groups is 3. The summed E-state index contributed by atoms with van der Waals surface area (Å²) in [4.78, 5) is 44.7. The van der Waals surface area contributed by atoms with E-state index in [0.29, 0.717) is 29.7 Å². The number of methoxy groups -OCH3 is 1. The van der Waals surface area contributed by atoms with E-state index in [0.717, 1.165) is 36.4 Å². The highest BCUT2D eigenvalue weighted by atomic mass is 32.1. The molecule has 0 unspecified atom stereocenters. The van der Waals surface area contributed by atoms with Crippen molar-refractivity contribution in [2.45, 2.75) is 25.7 Å². The quantitative estimate of drug-likeness (QED) is 0.257. The fourth-order valence-electron chi connectivity index (χ4n) is 3.89. The van der Waals surface area contributed by atoms with Gasteiger partial charge in [0.15, 0.2) is 16.6 Å². The van der Waals surface area contributed by atoms with Crippen LogP contribution in [-0.4, -0.2) is 79.0 Å². The van der Waals surface area contributed by atoms with Crippen molar-refractivity contribution >= 4 is 45.7 Å². The number of nitrogens with zero attached hydrogens (tertiary/aromatic N) is 4. The van der Waals surface area contributed by atoms with Gasteiger partial charge in [0.05, 0.1) is 7.11 Å². The van der Waals surface area contributed by atoms with E-state index in [1.54, 1.807) is 11.9 Å². The Bertz CT molecular complexity index is 1090. The molecule has 3 rings (SSSR count). The molecule has 0 spiro atoms. The van der Waals surface area contributed by atoms with Gasteiger partial charge in [-0.1, -0.05) is 12.1 Å². The highest BCUT2D eigenvalue weighted by molar-refractivity contribution is 7.11. The first-order valence-corrected chi connectivity index (χ1v) is 12.1. The van der Waals surface area contributed by atoms with Gasteiger partial charge in [0.25, 0.3) is 11.7 Å². The van der Waals surface area contributed by atoms with Gasteiger partial charge in [-0.3, -0.25) is 14.4 Å². The predicted molar refractivity (Wildman–Crippen MR) is 133 cm³/mol. The Labute approximate surface area is 208 Å². The molecule has 9 nitrogen and oxygen atoms in total. The van der Waals surface area contributed by atoms with Crippen LogP contribution in [0, 0.1) is 11.7 Å². The fraction of sp³-hybridized carbons (Fsp3) is 0.458. The summed E-state index contributed by atoms with van der Waals surface area (Å²) in [5, 5.41) is 3.22. The zero-order valence-electron chi connectivity index (χ0n) is 20.3. The molecule has 188 valence electrons. The Kier molecular flexibility index (Phi) is 8.91. The number of amides is 2. The van der Waals surface area contributed by atoms with Crippen LogP contribution in [0.4, 0.5) is 15.1 Å². The number of anilines is 1. The lowest BCUT2D eigenvalue weighted by molar-refractivity contribution is -0.131. The molecule has 1 aromatic heterocycles. The van der Waals surface area contributed by atoms with Gasteiger partial charge in [-0.2, -0.15) is 4.37 Å². The SMILES string of the molecule is CNc1c(C(=O)C(=O)N(C)C)nsc1/N=C(\CC(=O)N1CCC(Cc2ccc(F)cc2)CC1)OC. The number of hydrogen-bond donors (Lipinski definition) is 1. The van der Waals surface area contributed by atoms with Crippen LogP contribution in [0.1, 0.15) is 35.3 Å². The number of carbonyl (C=O) groups excluding carboxylic acids is 3.